The maximum Gasteiger partial charge on any atom is 0.271 e. The van der Waals surface area contributed by atoms with Crippen molar-refractivity contribution in [2.45, 2.75) is 24.9 Å². The van der Waals surface area contributed by atoms with Crippen LogP contribution in [0.5, 0.6) is 0 Å². The lowest BCUT2D eigenvalue weighted by atomic mass is 10.1. The molecule has 1 aromatic heterocycles. The molecule has 190 valence electrons. The third-order valence-electron chi connectivity index (χ3n) is 5.41. The number of nitrogens with zero attached hydrogens (tertiary/aromatic N) is 2. The van der Waals surface area contributed by atoms with Crippen molar-refractivity contribution in [1.29, 1.82) is 0 Å². The summed E-state index contributed by atoms with van der Waals surface area (Å²) in [6.07, 6.45) is 1.29. The van der Waals surface area contributed by atoms with Crippen LogP contribution in [0.1, 0.15) is 33.0 Å². The van der Waals surface area contributed by atoms with E-state index in [1.54, 1.807) is 12.1 Å². The van der Waals surface area contributed by atoms with Crippen molar-refractivity contribution >= 4 is 33.7 Å². The molecule has 0 spiro atoms. The van der Waals surface area contributed by atoms with Gasteiger partial charge in [-0.05, 0) is 73.2 Å². The molecule has 0 bridgehead atoms. The number of aryl methyl sites for hydroxylation is 1. The predicted octanol–water partition coefficient (Wildman–Crippen LogP) is 5.54. The Morgan fingerprint density at radius 1 is 0.973 bits per heavy atom. The molecule has 3 aromatic carbocycles. The molecule has 1 N–H and O–H groups in total. The number of halogens is 2. The lowest BCUT2D eigenvalue weighted by molar-refractivity contribution is 0.0955. The Bertz CT molecular complexity index is 1500. The molecular weight excluding hydrogens is 517 g/mol. The number of nitrogens with one attached hydrogen (secondary N) is 1. The van der Waals surface area contributed by atoms with Gasteiger partial charge in [-0.2, -0.15) is 9.41 Å². The topological polar surface area (TPSA) is 92.0 Å². The minimum absolute atomic E-state index is 0.0331. The second-order valence-electron chi connectivity index (χ2n) is 8.22. The van der Waals surface area contributed by atoms with Crippen LogP contribution in [0.25, 0.3) is 0 Å². The van der Waals surface area contributed by atoms with E-state index in [4.69, 9.17) is 16.0 Å². The number of amides is 1. The fraction of sp³-hybridized carbons (Fsp3) is 0.111. The molecule has 0 aliphatic carbocycles. The second kappa shape index (κ2) is 11.5. The van der Waals surface area contributed by atoms with E-state index in [9.17, 15) is 17.6 Å². The maximum atomic E-state index is 13.5. The van der Waals surface area contributed by atoms with Crippen molar-refractivity contribution in [2.24, 2.45) is 5.10 Å². The van der Waals surface area contributed by atoms with E-state index < -0.39 is 21.7 Å². The Morgan fingerprint density at radius 2 is 1.65 bits per heavy atom. The van der Waals surface area contributed by atoms with E-state index >= 15 is 0 Å². The molecule has 37 heavy (non-hydrogen) atoms. The van der Waals surface area contributed by atoms with Gasteiger partial charge in [0.1, 0.15) is 17.3 Å². The number of hydrogen-bond acceptors (Lipinski definition) is 5. The maximum absolute atomic E-state index is 13.5. The van der Waals surface area contributed by atoms with E-state index in [1.165, 1.54) is 59.1 Å². The number of sulfonamides is 1. The standard InChI is InChI=1S/C27H23ClFN3O4S/c1-19-2-4-20(5-3-19)17-32(37(34,35)26-14-8-22(28)9-15-26)18-25-13-12-24(36-25)16-30-31-27(33)21-6-10-23(29)11-7-21/h2-16H,17-18H2,1H3,(H,31,33)/b30-16-. The van der Waals surface area contributed by atoms with Gasteiger partial charge in [0.05, 0.1) is 17.7 Å². The van der Waals surface area contributed by atoms with Crippen LogP contribution in [0.3, 0.4) is 0 Å². The van der Waals surface area contributed by atoms with Gasteiger partial charge < -0.3 is 4.42 Å². The molecule has 0 radical (unpaired) electrons. The predicted molar refractivity (Wildman–Crippen MR) is 139 cm³/mol. The van der Waals surface area contributed by atoms with Crippen LogP contribution in [0.4, 0.5) is 4.39 Å². The molecule has 0 saturated carbocycles. The Hall–Kier alpha value is -3.79. The number of rotatable bonds is 9. The normalized spacial score (nSPS) is 11.8. The fourth-order valence-electron chi connectivity index (χ4n) is 3.42. The zero-order valence-electron chi connectivity index (χ0n) is 19.8. The van der Waals surface area contributed by atoms with Gasteiger partial charge >= 0.3 is 0 Å². The summed E-state index contributed by atoms with van der Waals surface area (Å²) in [5.74, 6) is -0.261. The molecule has 0 aliphatic heterocycles. The number of furan rings is 1. The third kappa shape index (κ3) is 6.91. The number of hydrazone groups is 1. The van der Waals surface area contributed by atoms with Gasteiger partial charge in [-0.3, -0.25) is 4.79 Å². The van der Waals surface area contributed by atoms with Gasteiger partial charge in [-0.1, -0.05) is 41.4 Å². The highest BCUT2D eigenvalue weighted by Gasteiger charge is 2.26. The van der Waals surface area contributed by atoms with Crippen LogP contribution in [-0.4, -0.2) is 24.8 Å². The number of benzene rings is 3. The van der Waals surface area contributed by atoms with Crippen molar-refractivity contribution in [3.8, 4) is 0 Å². The highest BCUT2D eigenvalue weighted by molar-refractivity contribution is 7.89. The first-order valence-corrected chi connectivity index (χ1v) is 13.0. The third-order valence-corrected chi connectivity index (χ3v) is 7.47. The molecule has 0 fully saturated rings. The van der Waals surface area contributed by atoms with Crippen LogP contribution in [0, 0.1) is 12.7 Å². The average Bonchev–Trinajstić information content (AvgIpc) is 3.32. The minimum atomic E-state index is -3.88. The zero-order chi connectivity index (χ0) is 26.4. The van der Waals surface area contributed by atoms with Crippen molar-refractivity contribution in [1.82, 2.24) is 9.73 Å². The quantitative estimate of drug-likeness (QED) is 0.223. The molecule has 0 atom stereocenters. The molecule has 0 saturated heterocycles. The van der Waals surface area contributed by atoms with Crippen molar-refractivity contribution in [3.05, 3.63) is 124 Å². The molecule has 4 aromatic rings. The van der Waals surface area contributed by atoms with Crippen LogP contribution >= 0.6 is 11.6 Å². The Morgan fingerprint density at radius 3 is 2.32 bits per heavy atom. The summed E-state index contributed by atoms with van der Waals surface area (Å²) in [5, 5.41) is 4.29. The van der Waals surface area contributed by atoms with E-state index in [0.717, 1.165) is 11.1 Å². The summed E-state index contributed by atoms with van der Waals surface area (Å²) in [4.78, 5) is 12.2. The molecule has 7 nitrogen and oxygen atoms in total. The summed E-state index contributed by atoms with van der Waals surface area (Å²) in [6, 6.07) is 21.9. The lowest BCUT2D eigenvalue weighted by Gasteiger charge is -2.21. The average molecular weight is 540 g/mol. The van der Waals surface area contributed by atoms with Crippen molar-refractivity contribution in [2.75, 3.05) is 0 Å². The summed E-state index contributed by atoms with van der Waals surface area (Å²) < 4.78 is 47.0. The molecule has 0 unspecified atom stereocenters. The fourth-order valence-corrected chi connectivity index (χ4v) is 4.94. The van der Waals surface area contributed by atoms with E-state index in [-0.39, 0.29) is 23.5 Å². The smallest absolute Gasteiger partial charge is 0.271 e. The van der Waals surface area contributed by atoms with Crippen molar-refractivity contribution in [3.63, 3.8) is 0 Å². The second-order valence-corrected chi connectivity index (χ2v) is 10.6. The number of hydrogen-bond donors (Lipinski definition) is 1. The molecule has 0 aliphatic rings. The monoisotopic (exact) mass is 539 g/mol. The number of carbonyl (C=O) groups excluding carboxylic acids is 1. The van der Waals surface area contributed by atoms with Gasteiger partial charge in [0.15, 0.2) is 0 Å². The Balaban J connectivity index is 1.50. The van der Waals surface area contributed by atoms with Crippen LogP contribution in [0.2, 0.25) is 5.02 Å². The lowest BCUT2D eigenvalue weighted by Crippen LogP contribution is -2.30. The number of carbonyl (C=O) groups is 1. The van der Waals surface area contributed by atoms with E-state index in [2.05, 4.69) is 10.5 Å². The Labute approximate surface area is 219 Å². The highest BCUT2D eigenvalue weighted by Crippen LogP contribution is 2.23. The zero-order valence-corrected chi connectivity index (χ0v) is 21.3. The van der Waals surface area contributed by atoms with E-state index in [0.29, 0.717) is 16.5 Å². The molecule has 10 heteroatoms. The van der Waals surface area contributed by atoms with Crippen LogP contribution in [0.15, 0.2) is 99.3 Å². The summed E-state index contributed by atoms with van der Waals surface area (Å²) in [7, 11) is -3.88. The molecule has 1 heterocycles. The first kappa shape index (κ1) is 26.3. The van der Waals surface area contributed by atoms with Gasteiger partial charge in [-0.15, -0.1) is 0 Å². The van der Waals surface area contributed by atoms with Crippen molar-refractivity contribution < 1.29 is 22.0 Å². The summed E-state index contributed by atoms with van der Waals surface area (Å²) >= 11 is 5.94. The van der Waals surface area contributed by atoms with Crippen LogP contribution in [-0.2, 0) is 23.1 Å². The first-order chi connectivity index (χ1) is 17.7. The van der Waals surface area contributed by atoms with Gasteiger partial charge in [0.2, 0.25) is 10.0 Å². The van der Waals surface area contributed by atoms with Gasteiger partial charge in [0, 0.05) is 17.1 Å². The minimum Gasteiger partial charge on any atom is -0.459 e. The first-order valence-electron chi connectivity index (χ1n) is 11.2. The van der Waals surface area contributed by atoms with Gasteiger partial charge in [-0.25, -0.2) is 18.2 Å². The molecule has 1 amide bonds. The Kier molecular flexibility index (Phi) is 8.17. The molecular formula is C27H23ClFN3O4S. The summed E-state index contributed by atoms with van der Waals surface area (Å²) in [6.45, 7) is 2.05. The SMILES string of the molecule is Cc1ccc(CN(Cc2ccc(/C=N\NC(=O)c3ccc(F)cc3)o2)S(=O)(=O)c2ccc(Cl)cc2)cc1. The highest BCUT2D eigenvalue weighted by atomic mass is 35.5. The van der Waals surface area contributed by atoms with Gasteiger partial charge in [0.25, 0.3) is 5.91 Å². The molecule has 4 rings (SSSR count). The largest absolute Gasteiger partial charge is 0.459 e. The van der Waals surface area contributed by atoms with E-state index in [1.807, 2.05) is 31.2 Å². The summed E-state index contributed by atoms with van der Waals surface area (Å²) in [5.41, 5.74) is 4.47. The van der Waals surface area contributed by atoms with Crippen LogP contribution < -0.4 is 5.43 Å².